The lowest BCUT2D eigenvalue weighted by atomic mass is 10.1. The van der Waals surface area contributed by atoms with Crippen LogP contribution in [0.4, 0.5) is 13.2 Å². The van der Waals surface area contributed by atoms with Crippen molar-refractivity contribution in [1.82, 2.24) is 4.90 Å². The molecule has 7 heteroatoms. The fourth-order valence-corrected chi connectivity index (χ4v) is 1.52. The van der Waals surface area contributed by atoms with Crippen molar-refractivity contribution in [3.05, 3.63) is 29.3 Å². The first-order chi connectivity index (χ1) is 9.25. The standard InChI is InChI=1S/C13H17F3N2O2/c1-18(2)12(19)5-6-20-11-4-3-9(8-17)7-10(11)13(14,15)16/h3-4,7H,5-6,8,17H2,1-2H3. The SMILES string of the molecule is CN(C)C(=O)CCOc1ccc(CN)cc1C(F)(F)F. The summed E-state index contributed by atoms with van der Waals surface area (Å²) < 4.78 is 43.7. The molecule has 0 aliphatic heterocycles. The first-order valence-corrected chi connectivity index (χ1v) is 5.99. The fourth-order valence-electron chi connectivity index (χ4n) is 1.52. The number of rotatable bonds is 5. The van der Waals surface area contributed by atoms with Crippen molar-refractivity contribution in [3.8, 4) is 5.75 Å². The van der Waals surface area contributed by atoms with E-state index in [0.717, 1.165) is 6.07 Å². The van der Waals surface area contributed by atoms with Gasteiger partial charge in [-0.25, -0.2) is 0 Å². The molecule has 0 saturated heterocycles. The van der Waals surface area contributed by atoms with Crippen LogP contribution in [-0.2, 0) is 17.5 Å². The van der Waals surface area contributed by atoms with Gasteiger partial charge in [-0.15, -0.1) is 0 Å². The Bertz CT molecular complexity index is 473. The lowest BCUT2D eigenvalue weighted by Gasteiger charge is -2.16. The molecule has 0 spiro atoms. The third-order valence-electron chi connectivity index (χ3n) is 2.66. The summed E-state index contributed by atoms with van der Waals surface area (Å²) in [6.07, 6.45) is -4.50. The highest BCUT2D eigenvalue weighted by molar-refractivity contribution is 5.75. The molecule has 112 valence electrons. The van der Waals surface area contributed by atoms with Crippen LogP contribution in [-0.4, -0.2) is 31.5 Å². The lowest BCUT2D eigenvalue weighted by molar-refractivity contribution is -0.139. The third kappa shape index (κ3) is 4.41. The number of nitrogens with two attached hydrogens (primary N) is 1. The first-order valence-electron chi connectivity index (χ1n) is 5.99. The minimum atomic E-state index is -4.52. The maximum atomic E-state index is 12.9. The number of benzene rings is 1. The number of amides is 1. The van der Waals surface area contributed by atoms with Gasteiger partial charge in [0.1, 0.15) is 5.75 Å². The predicted octanol–water partition coefficient (Wildman–Crippen LogP) is 2.02. The molecule has 1 amide bonds. The molecule has 4 nitrogen and oxygen atoms in total. The van der Waals surface area contributed by atoms with Gasteiger partial charge >= 0.3 is 6.18 Å². The normalized spacial score (nSPS) is 11.3. The molecule has 0 aliphatic rings. The number of hydrogen-bond acceptors (Lipinski definition) is 3. The Morgan fingerprint density at radius 1 is 1.35 bits per heavy atom. The van der Waals surface area contributed by atoms with E-state index in [9.17, 15) is 18.0 Å². The van der Waals surface area contributed by atoms with Crippen molar-refractivity contribution >= 4 is 5.91 Å². The van der Waals surface area contributed by atoms with Crippen molar-refractivity contribution in [1.29, 1.82) is 0 Å². The molecule has 0 saturated carbocycles. The number of carbonyl (C=O) groups excluding carboxylic acids is 1. The number of alkyl halides is 3. The van der Waals surface area contributed by atoms with Crippen molar-refractivity contribution in [2.24, 2.45) is 5.73 Å². The quantitative estimate of drug-likeness (QED) is 0.902. The summed E-state index contributed by atoms with van der Waals surface area (Å²) in [4.78, 5) is 12.7. The van der Waals surface area contributed by atoms with E-state index in [2.05, 4.69) is 0 Å². The number of ether oxygens (including phenoxy) is 1. The zero-order valence-corrected chi connectivity index (χ0v) is 11.3. The van der Waals surface area contributed by atoms with Crippen LogP contribution in [0, 0.1) is 0 Å². The van der Waals surface area contributed by atoms with Crippen molar-refractivity contribution in [3.63, 3.8) is 0 Å². The monoisotopic (exact) mass is 290 g/mol. The molecule has 20 heavy (non-hydrogen) atoms. The molecule has 0 atom stereocenters. The minimum absolute atomic E-state index is 0.0163. The molecule has 0 bridgehead atoms. The van der Waals surface area contributed by atoms with Gasteiger partial charge in [-0.3, -0.25) is 4.79 Å². The Hall–Kier alpha value is -1.76. The highest BCUT2D eigenvalue weighted by Gasteiger charge is 2.34. The third-order valence-corrected chi connectivity index (χ3v) is 2.66. The van der Waals surface area contributed by atoms with Gasteiger partial charge in [0.2, 0.25) is 5.91 Å². The molecule has 1 rings (SSSR count). The van der Waals surface area contributed by atoms with Crippen LogP contribution in [0.5, 0.6) is 5.75 Å². The largest absolute Gasteiger partial charge is 0.492 e. The Morgan fingerprint density at radius 3 is 2.50 bits per heavy atom. The van der Waals surface area contributed by atoms with E-state index in [-0.39, 0.29) is 31.2 Å². The van der Waals surface area contributed by atoms with E-state index in [4.69, 9.17) is 10.5 Å². The molecule has 0 aliphatic carbocycles. The molecule has 0 heterocycles. The Kier molecular flexibility index (Phi) is 5.38. The van der Waals surface area contributed by atoms with E-state index in [1.54, 1.807) is 14.1 Å². The minimum Gasteiger partial charge on any atom is -0.492 e. The van der Waals surface area contributed by atoms with Crippen LogP contribution in [0.3, 0.4) is 0 Å². The second kappa shape index (κ2) is 6.60. The smallest absolute Gasteiger partial charge is 0.419 e. The second-order valence-corrected chi connectivity index (χ2v) is 4.42. The Labute approximate surface area is 115 Å². The van der Waals surface area contributed by atoms with E-state index >= 15 is 0 Å². The predicted molar refractivity (Wildman–Crippen MR) is 68.1 cm³/mol. The van der Waals surface area contributed by atoms with Crippen LogP contribution < -0.4 is 10.5 Å². The van der Waals surface area contributed by atoms with E-state index in [1.807, 2.05) is 0 Å². The van der Waals surface area contributed by atoms with Gasteiger partial charge in [0.05, 0.1) is 18.6 Å². The topological polar surface area (TPSA) is 55.6 Å². The van der Waals surface area contributed by atoms with Gasteiger partial charge in [0.15, 0.2) is 0 Å². The molecular formula is C13H17F3N2O2. The van der Waals surface area contributed by atoms with Crippen LogP contribution >= 0.6 is 0 Å². The molecule has 1 aromatic carbocycles. The average Bonchev–Trinajstić information content (AvgIpc) is 2.37. The fraction of sp³-hybridized carbons (Fsp3) is 0.462. The summed E-state index contributed by atoms with van der Waals surface area (Å²) in [5.41, 5.74) is 4.82. The zero-order chi connectivity index (χ0) is 15.3. The highest BCUT2D eigenvalue weighted by Crippen LogP contribution is 2.36. The van der Waals surface area contributed by atoms with Crippen LogP contribution in [0.1, 0.15) is 17.5 Å². The van der Waals surface area contributed by atoms with E-state index < -0.39 is 11.7 Å². The van der Waals surface area contributed by atoms with Crippen molar-refractivity contribution < 1.29 is 22.7 Å². The summed E-state index contributed by atoms with van der Waals surface area (Å²) in [5, 5.41) is 0. The van der Waals surface area contributed by atoms with Crippen LogP contribution in [0.25, 0.3) is 0 Å². The molecule has 1 aromatic rings. The maximum Gasteiger partial charge on any atom is 0.419 e. The van der Waals surface area contributed by atoms with Crippen molar-refractivity contribution in [2.45, 2.75) is 19.1 Å². The lowest BCUT2D eigenvalue weighted by Crippen LogP contribution is -2.23. The number of hydrogen-bond donors (Lipinski definition) is 1. The summed E-state index contributed by atoms with van der Waals surface area (Å²) >= 11 is 0. The van der Waals surface area contributed by atoms with Gasteiger partial charge < -0.3 is 15.4 Å². The Balaban J connectivity index is 2.82. The van der Waals surface area contributed by atoms with Gasteiger partial charge in [-0.05, 0) is 17.7 Å². The highest BCUT2D eigenvalue weighted by atomic mass is 19.4. The van der Waals surface area contributed by atoms with E-state index in [0.29, 0.717) is 5.56 Å². The first kappa shape index (κ1) is 16.3. The number of carbonyl (C=O) groups is 1. The summed E-state index contributed by atoms with van der Waals surface area (Å²) in [6, 6.07) is 3.66. The number of halogens is 3. The summed E-state index contributed by atoms with van der Waals surface area (Å²) in [6.45, 7) is -0.0927. The molecule has 0 radical (unpaired) electrons. The van der Waals surface area contributed by atoms with Crippen LogP contribution in [0.2, 0.25) is 0 Å². The molecular weight excluding hydrogens is 273 g/mol. The molecule has 0 fully saturated rings. The van der Waals surface area contributed by atoms with Crippen LogP contribution in [0.15, 0.2) is 18.2 Å². The zero-order valence-electron chi connectivity index (χ0n) is 11.3. The Morgan fingerprint density at radius 2 is 2.00 bits per heavy atom. The molecule has 0 aromatic heterocycles. The maximum absolute atomic E-state index is 12.9. The average molecular weight is 290 g/mol. The van der Waals surface area contributed by atoms with Gasteiger partial charge in [-0.2, -0.15) is 13.2 Å². The number of nitrogens with zero attached hydrogens (tertiary/aromatic N) is 1. The second-order valence-electron chi connectivity index (χ2n) is 4.42. The summed E-state index contributed by atoms with van der Waals surface area (Å²) in [5.74, 6) is -0.501. The summed E-state index contributed by atoms with van der Waals surface area (Å²) in [7, 11) is 3.14. The molecule has 0 unspecified atom stereocenters. The van der Waals surface area contributed by atoms with Gasteiger partial charge in [0.25, 0.3) is 0 Å². The van der Waals surface area contributed by atoms with Gasteiger partial charge in [0, 0.05) is 20.6 Å². The molecule has 2 N–H and O–H groups in total. The van der Waals surface area contributed by atoms with E-state index in [1.165, 1.54) is 17.0 Å². The van der Waals surface area contributed by atoms with Gasteiger partial charge in [-0.1, -0.05) is 6.07 Å². The van der Waals surface area contributed by atoms with Crippen molar-refractivity contribution in [2.75, 3.05) is 20.7 Å².